The lowest BCUT2D eigenvalue weighted by Gasteiger charge is -2.51. The van der Waals surface area contributed by atoms with Crippen molar-refractivity contribution < 1.29 is 9.53 Å². The van der Waals surface area contributed by atoms with Crippen molar-refractivity contribution in [1.82, 2.24) is 0 Å². The highest BCUT2D eigenvalue weighted by atomic mass is 16.5. The molecule has 0 saturated carbocycles. The van der Waals surface area contributed by atoms with Crippen LogP contribution in [0, 0.1) is 5.92 Å². The minimum Gasteiger partial charge on any atom is -0.497 e. The van der Waals surface area contributed by atoms with Crippen LogP contribution in [-0.4, -0.2) is 13.0 Å². The zero-order chi connectivity index (χ0) is 19.1. The molecule has 0 aromatic heterocycles. The van der Waals surface area contributed by atoms with Gasteiger partial charge in [-0.1, -0.05) is 54.6 Å². The molecular weight excluding hydrogens is 346 g/mol. The molecule has 2 heterocycles. The molecule has 1 fully saturated rings. The Labute approximate surface area is 165 Å². The monoisotopic (exact) mass is 369 g/mol. The van der Waals surface area contributed by atoms with E-state index in [4.69, 9.17) is 4.74 Å². The molecule has 3 aromatic carbocycles. The van der Waals surface area contributed by atoms with Crippen molar-refractivity contribution in [1.29, 1.82) is 0 Å². The fourth-order valence-electron chi connectivity index (χ4n) is 4.69. The van der Waals surface area contributed by atoms with E-state index in [1.807, 2.05) is 29.2 Å². The highest BCUT2D eigenvalue weighted by Crippen LogP contribution is 2.55. The third kappa shape index (κ3) is 2.62. The van der Waals surface area contributed by atoms with Gasteiger partial charge in [-0.05, 0) is 54.2 Å². The molecule has 3 aromatic rings. The Morgan fingerprint density at radius 1 is 0.929 bits per heavy atom. The Morgan fingerprint density at radius 3 is 2.54 bits per heavy atom. The average Bonchev–Trinajstić information content (AvgIpc) is 2.75. The molecule has 2 atom stereocenters. The number of methoxy groups -OCH3 is 1. The van der Waals surface area contributed by atoms with Gasteiger partial charge >= 0.3 is 0 Å². The first-order valence-electron chi connectivity index (χ1n) is 9.92. The van der Waals surface area contributed by atoms with Crippen LogP contribution >= 0.6 is 0 Å². The summed E-state index contributed by atoms with van der Waals surface area (Å²) in [5.41, 5.74) is 5.91. The van der Waals surface area contributed by atoms with E-state index in [1.165, 1.54) is 16.7 Å². The number of β-lactam (4-membered cyclic amide) rings is 1. The highest BCUT2D eigenvalue weighted by Gasteiger charge is 2.51. The van der Waals surface area contributed by atoms with Gasteiger partial charge in [0.25, 0.3) is 0 Å². The van der Waals surface area contributed by atoms with E-state index < -0.39 is 0 Å². The number of hydrogen-bond donors (Lipinski definition) is 0. The number of hydrogen-bond acceptors (Lipinski definition) is 2. The number of ether oxygens (including phenoxy) is 1. The van der Waals surface area contributed by atoms with Crippen molar-refractivity contribution in [3.05, 3.63) is 83.9 Å². The minimum absolute atomic E-state index is 0.0595. The third-order valence-electron chi connectivity index (χ3n) is 6.07. The third-order valence-corrected chi connectivity index (χ3v) is 6.07. The molecule has 0 unspecified atom stereocenters. The standard InChI is InChI=1S/C25H23NO2/c1-28-18-14-15-20-22(16-18)19-11-5-6-13-23(19)26-24(20)21(25(26)27)12-7-10-17-8-3-2-4-9-17/h2-6,8-9,11,13-16,21,24H,7,10,12H2,1H3/t21-,24-/m1/s1. The summed E-state index contributed by atoms with van der Waals surface area (Å²) in [7, 11) is 1.70. The van der Waals surface area contributed by atoms with Crippen LogP contribution in [0.15, 0.2) is 72.8 Å². The molecule has 3 heteroatoms. The summed E-state index contributed by atoms with van der Waals surface area (Å²) in [5.74, 6) is 1.17. The fourth-order valence-corrected chi connectivity index (χ4v) is 4.69. The van der Waals surface area contributed by atoms with Crippen molar-refractivity contribution in [3.63, 3.8) is 0 Å². The van der Waals surface area contributed by atoms with E-state index in [1.54, 1.807) is 7.11 Å². The predicted molar refractivity (Wildman–Crippen MR) is 112 cm³/mol. The van der Waals surface area contributed by atoms with Gasteiger partial charge in [-0.3, -0.25) is 4.79 Å². The summed E-state index contributed by atoms with van der Waals surface area (Å²) in [6.07, 6.45) is 2.96. The van der Waals surface area contributed by atoms with E-state index in [-0.39, 0.29) is 17.9 Å². The second kappa shape index (κ2) is 6.83. The molecule has 0 radical (unpaired) electrons. The maximum Gasteiger partial charge on any atom is 0.233 e. The molecule has 0 spiro atoms. The zero-order valence-electron chi connectivity index (χ0n) is 16.0. The Hall–Kier alpha value is -3.07. The lowest BCUT2D eigenvalue weighted by atomic mass is 9.73. The number of carbonyl (C=O) groups excluding carboxylic acids is 1. The number of nitrogens with zero attached hydrogens (tertiary/aromatic N) is 1. The van der Waals surface area contributed by atoms with Crippen molar-refractivity contribution in [2.75, 3.05) is 12.0 Å². The maximum atomic E-state index is 13.0. The van der Waals surface area contributed by atoms with Gasteiger partial charge in [0.1, 0.15) is 5.75 Å². The lowest BCUT2D eigenvalue weighted by Crippen LogP contribution is -2.56. The zero-order valence-corrected chi connectivity index (χ0v) is 16.0. The van der Waals surface area contributed by atoms with Crippen molar-refractivity contribution >= 4 is 11.6 Å². The first-order chi connectivity index (χ1) is 13.8. The molecule has 28 heavy (non-hydrogen) atoms. The fraction of sp³-hybridized carbons (Fsp3) is 0.240. The van der Waals surface area contributed by atoms with E-state index >= 15 is 0 Å². The van der Waals surface area contributed by atoms with Crippen LogP contribution in [0.3, 0.4) is 0 Å². The normalized spacial score (nSPS) is 19.3. The molecule has 5 rings (SSSR count). The molecule has 2 aliphatic heterocycles. The summed E-state index contributed by atoms with van der Waals surface area (Å²) in [6, 6.07) is 25.1. The molecule has 0 aliphatic carbocycles. The first-order valence-corrected chi connectivity index (χ1v) is 9.92. The van der Waals surface area contributed by atoms with Gasteiger partial charge in [-0.15, -0.1) is 0 Å². The van der Waals surface area contributed by atoms with Gasteiger partial charge in [0.05, 0.1) is 24.8 Å². The highest BCUT2D eigenvalue weighted by molar-refractivity contribution is 6.08. The summed E-state index contributed by atoms with van der Waals surface area (Å²) < 4.78 is 5.46. The Bertz CT molecular complexity index is 1030. The van der Waals surface area contributed by atoms with Gasteiger partial charge in [-0.25, -0.2) is 0 Å². The van der Waals surface area contributed by atoms with Crippen LogP contribution < -0.4 is 9.64 Å². The quantitative estimate of drug-likeness (QED) is 0.563. The number of rotatable bonds is 5. The van der Waals surface area contributed by atoms with E-state index in [2.05, 4.69) is 48.5 Å². The van der Waals surface area contributed by atoms with Crippen LogP contribution in [0.4, 0.5) is 5.69 Å². The first kappa shape index (κ1) is 17.1. The second-order valence-corrected chi connectivity index (χ2v) is 7.61. The number of benzene rings is 3. The van der Waals surface area contributed by atoms with Gasteiger partial charge in [0, 0.05) is 5.56 Å². The largest absolute Gasteiger partial charge is 0.497 e. The molecule has 3 nitrogen and oxygen atoms in total. The number of aryl methyl sites for hydroxylation is 1. The number of carbonyl (C=O) groups is 1. The van der Waals surface area contributed by atoms with Crippen LogP contribution in [0.5, 0.6) is 5.75 Å². The molecule has 0 N–H and O–H groups in total. The summed E-state index contributed by atoms with van der Waals surface area (Å²) in [4.78, 5) is 15.0. The predicted octanol–water partition coefficient (Wildman–Crippen LogP) is 5.40. The van der Waals surface area contributed by atoms with Crippen molar-refractivity contribution in [2.24, 2.45) is 5.92 Å². The summed E-state index contributed by atoms with van der Waals surface area (Å²) in [5, 5.41) is 0. The molecule has 140 valence electrons. The molecular formula is C25H23NO2. The van der Waals surface area contributed by atoms with Crippen LogP contribution in [0.2, 0.25) is 0 Å². The van der Waals surface area contributed by atoms with Gasteiger partial charge in [0.2, 0.25) is 5.91 Å². The molecule has 2 aliphatic rings. The van der Waals surface area contributed by atoms with Gasteiger partial charge in [-0.2, -0.15) is 0 Å². The summed E-state index contributed by atoms with van der Waals surface area (Å²) >= 11 is 0. The van der Waals surface area contributed by atoms with Crippen molar-refractivity contribution in [3.8, 4) is 16.9 Å². The Balaban J connectivity index is 1.44. The SMILES string of the molecule is COc1ccc2c(c1)-c1ccccc1N1C(=O)[C@H](CCCc3ccccc3)[C@@H]21. The van der Waals surface area contributed by atoms with Gasteiger partial charge in [0.15, 0.2) is 0 Å². The van der Waals surface area contributed by atoms with Gasteiger partial charge < -0.3 is 9.64 Å². The van der Waals surface area contributed by atoms with Crippen LogP contribution in [0.1, 0.15) is 30.0 Å². The summed E-state index contributed by atoms with van der Waals surface area (Å²) in [6.45, 7) is 0. The number of fused-ring (bicyclic) bond motifs is 6. The molecule has 0 bridgehead atoms. The lowest BCUT2D eigenvalue weighted by molar-refractivity contribution is -0.130. The molecule has 1 saturated heterocycles. The van der Waals surface area contributed by atoms with E-state index in [0.29, 0.717) is 0 Å². The van der Waals surface area contributed by atoms with E-state index in [0.717, 1.165) is 36.3 Å². The Morgan fingerprint density at radius 2 is 1.71 bits per heavy atom. The topological polar surface area (TPSA) is 29.5 Å². The van der Waals surface area contributed by atoms with Crippen LogP contribution in [-0.2, 0) is 11.2 Å². The number of amides is 1. The molecule has 1 amide bonds. The average molecular weight is 369 g/mol. The van der Waals surface area contributed by atoms with Crippen LogP contribution in [0.25, 0.3) is 11.1 Å². The Kier molecular flexibility index (Phi) is 4.16. The van der Waals surface area contributed by atoms with E-state index in [9.17, 15) is 4.79 Å². The van der Waals surface area contributed by atoms with Crippen molar-refractivity contribution in [2.45, 2.75) is 25.3 Å². The minimum atomic E-state index is 0.0595. The second-order valence-electron chi connectivity index (χ2n) is 7.61. The number of para-hydroxylation sites is 1. The smallest absolute Gasteiger partial charge is 0.233 e. The number of anilines is 1. The maximum absolute atomic E-state index is 13.0.